The molecule has 1 aromatic carbocycles. The first kappa shape index (κ1) is 17.0. The van der Waals surface area contributed by atoms with Gasteiger partial charge in [-0.05, 0) is 12.1 Å². The minimum Gasteiger partial charge on any atom is -0.390 e. The highest BCUT2D eigenvalue weighted by Gasteiger charge is 2.36. The fourth-order valence-electron chi connectivity index (χ4n) is 2.72. The van der Waals surface area contributed by atoms with Crippen molar-refractivity contribution in [2.75, 3.05) is 6.61 Å². The summed E-state index contributed by atoms with van der Waals surface area (Å²) < 4.78 is 22.4. The minimum atomic E-state index is -4.64. The third-order valence-corrected chi connectivity index (χ3v) is 4.32. The van der Waals surface area contributed by atoms with Crippen LogP contribution in [0.25, 0.3) is 10.9 Å². The summed E-state index contributed by atoms with van der Waals surface area (Å²) in [6.07, 6.45) is -0.506. The van der Waals surface area contributed by atoms with Gasteiger partial charge in [-0.1, -0.05) is 0 Å². The first-order valence-electron chi connectivity index (χ1n) is 7.03. The topological polar surface area (TPSA) is 144 Å². The molecule has 1 aliphatic heterocycles. The number of ether oxygens (including phenoxy) is 1. The Morgan fingerprint density at radius 3 is 2.83 bits per heavy atom. The van der Waals surface area contributed by atoms with Crippen LogP contribution in [0.2, 0.25) is 0 Å². The van der Waals surface area contributed by atoms with Gasteiger partial charge in [-0.2, -0.15) is 0 Å². The van der Waals surface area contributed by atoms with Crippen LogP contribution in [0.5, 0.6) is 0 Å². The zero-order valence-electron chi connectivity index (χ0n) is 12.3. The summed E-state index contributed by atoms with van der Waals surface area (Å²) in [4.78, 5) is 27.8. The quantitative estimate of drug-likeness (QED) is 0.412. The second-order valence-corrected chi connectivity index (χ2v) is 6.68. The molecule has 2 heterocycles. The standard InChI is InChI=1S/C13H15N2O8P/c16-11-6-13(23-12(11)7-22-24(19,20)21)14-4-3-8-5-9(15(17)18)1-2-10(8)14/h1-5,11-13,16H,6-7H2,(H2,19,20,21)/t11-,12+,13+/m0/s1. The number of hydrogen-bond acceptors (Lipinski definition) is 6. The van der Waals surface area contributed by atoms with Crippen molar-refractivity contribution >= 4 is 24.4 Å². The van der Waals surface area contributed by atoms with Crippen LogP contribution in [0.15, 0.2) is 30.5 Å². The molecule has 0 unspecified atom stereocenters. The molecule has 1 fully saturated rings. The summed E-state index contributed by atoms with van der Waals surface area (Å²) in [7, 11) is -4.64. The van der Waals surface area contributed by atoms with E-state index in [4.69, 9.17) is 14.5 Å². The van der Waals surface area contributed by atoms with Crippen molar-refractivity contribution in [2.45, 2.75) is 24.9 Å². The van der Waals surface area contributed by atoms with Gasteiger partial charge in [-0.25, -0.2) is 4.57 Å². The van der Waals surface area contributed by atoms with Crippen LogP contribution in [0.3, 0.4) is 0 Å². The highest BCUT2D eigenvalue weighted by Crippen LogP contribution is 2.39. The summed E-state index contributed by atoms with van der Waals surface area (Å²) in [6.45, 7) is -0.438. The second-order valence-electron chi connectivity index (χ2n) is 5.44. The molecular weight excluding hydrogens is 343 g/mol. The number of hydrogen-bond donors (Lipinski definition) is 3. The van der Waals surface area contributed by atoms with Gasteiger partial charge in [0.15, 0.2) is 0 Å². The van der Waals surface area contributed by atoms with Gasteiger partial charge in [0.25, 0.3) is 5.69 Å². The average Bonchev–Trinajstić information content (AvgIpc) is 3.06. The zero-order valence-corrected chi connectivity index (χ0v) is 13.2. The van der Waals surface area contributed by atoms with Gasteiger partial charge in [-0.15, -0.1) is 0 Å². The van der Waals surface area contributed by atoms with E-state index in [-0.39, 0.29) is 12.1 Å². The molecule has 0 spiro atoms. The first-order valence-corrected chi connectivity index (χ1v) is 8.56. The monoisotopic (exact) mass is 358 g/mol. The highest BCUT2D eigenvalue weighted by atomic mass is 31.2. The molecule has 11 heteroatoms. The lowest BCUT2D eigenvalue weighted by Gasteiger charge is -2.16. The van der Waals surface area contributed by atoms with E-state index in [0.717, 1.165) is 0 Å². The van der Waals surface area contributed by atoms with Gasteiger partial charge in [0.05, 0.1) is 23.2 Å². The molecule has 3 atom stereocenters. The van der Waals surface area contributed by atoms with E-state index >= 15 is 0 Å². The lowest BCUT2D eigenvalue weighted by molar-refractivity contribution is -0.384. The van der Waals surface area contributed by atoms with E-state index in [2.05, 4.69) is 4.52 Å². The molecule has 1 saturated heterocycles. The van der Waals surface area contributed by atoms with Gasteiger partial charge < -0.3 is 24.2 Å². The van der Waals surface area contributed by atoms with Crippen molar-refractivity contribution < 1.29 is 33.6 Å². The number of nitro benzene ring substituents is 1. The Kier molecular flexibility index (Phi) is 4.43. The molecule has 0 aliphatic carbocycles. The van der Waals surface area contributed by atoms with Crippen LogP contribution >= 0.6 is 7.82 Å². The van der Waals surface area contributed by atoms with Crippen molar-refractivity contribution in [1.29, 1.82) is 0 Å². The fourth-order valence-corrected chi connectivity index (χ4v) is 3.06. The molecule has 0 amide bonds. The summed E-state index contributed by atoms with van der Waals surface area (Å²) in [5.74, 6) is 0. The van der Waals surface area contributed by atoms with Crippen LogP contribution in [-0.4, -0.2) is 43.2 Å². The van der Waals surface area contributed by atoms with E-state index < -0.39 is 37.8 Å². The van der Waals surface area contributed by atoms with Crippen molar-refractivity contribution in [3.8, 4) is 0 Å². The normalized spacial score (nSPS) is 24.5. The van der Waals surface area contributed by atoms with Crippen molar-refractivity contribution in [2.24, 2.45) is 0 Å². The molecule has 3 rings (SSSR count). The Morgan fingerprint density at radius 1 is 1.42 bits per heavy atom. The minimum absolute atomic E-state index is 0.0273. The van der Waals surface area contributed by atoms with Crippen LogP contribution in [0, 0.1) is 10.1 Å². The summed E-state index contributed by atoms with van der Waals surface area (Å²) in [5.41, 5.74) is 0.662. The predicted molar refractivity (Wildman–Crippen MR) is 81.1 cm³/mol. The van der Waals surface area contributed by atoms with Gasteiger partial charge in [-0.3, -0.25) is 14.6 Å². The molecule has 3 N–H and O–H groups in total. The van der Waals surface area contributed by atoms with Crippen LogP contribution in [0.1, 0.15) is 12.6 Å². The number of fused-ring (bicyclic) bond motifs is 1. The maximum Gasteiger partial charge on any atom is 0.469 e. The maximum absolute atomic E-state index is 10.8. The van der Waals surface area contributed by atoms with Crippen molar-refractivity contribution in [3.63, 3.8) is 0 Å². The van der Waals surface area contributed by atoms with Crippen molar-refractivity contribution in [1.82, 2.24) is 4.57 Å². The van der Waals surface area contributed by atoms with E-state index in [0.29, 0.717) is 10.9 Å². The fraction of sp³-hybridized carbons (Fsp3) is 0.385. The first-order chi connectivity index (χ1) is 11.2. The number of nitro groups is 1. The number of aliphatic hydroxyl groups excluding tert-OH is 1. The maximum atomic E-state index is 10.8. The molecule has 0 saturated carbocycles. The Bertz CT molecular complexity index is 815. The highest BCUT2D eigenvalue weighted by molar-refractivity contribution is 7.46. The van der Waals surface area contributed by atoms with E-state index in [1.165, 1.54) is 12.1 Å². The molecular formula is C13H15N2O8P. The number of phosphoric ester groups is 1. The van der Waals surface area contributed by atoms with Gasteiger partial charge in [0, 0.05) is 30.1 Å². The number of nitrogens with zero attached hydrogens (tertiary/aromatic N) is 2. The lowest BCUT2D eigenvalue weighted by Crippen LogP contribution is -2.25. The smallest absolute Gasteiger partial charge is 0.390 e. The van der Waals surface area contributed by atoms with Crippen LogP contribution < -0.4 is 0 Å². The Labute approximate surface area is 135 Å². The molecule has 10 nitrogen and oxygen atoms in total. The SMILES string of the molecule is O=[N+]([O-])c1ccc2c(ccn2[C@H]2C[C@H](O)[C@@H](COP(=O)(O)O)O2)c1. The molecule has 130 valence electrons. The van der Waals surface area contributed by atoms with E-state index in [9.17, 15) is 19.8 Å². The van der Waals surface area contributed by atoms with Gasteiger partial charge in [0.1, 0.15) is 12.3 Å². The molecule has 1 aliphatic rings. The Morgan fingerprint density at radius 2 is 2.17 bits per heavy atom. The number of rotatable bonds is 5. The molecule has 2 aromatic rings. The van der Waals surface area contributed by atoms with E-state index in [1.807, 2.05) is 0 Å². The van der Waals surface area contributed by atoms with Gasteiger partial charge in [0.2, 0.25) is 0 Å². The van der Waals surface area contributed by atoms with Crippen molar-refractivity contribution in [3.05, 3.63) is 40.6 Å². The summed E-state index contributed by atoms with van der Waals surface area (Å²) in [5, 5.41) is 21.4. The molecule has 24 heavy (non-hydrogen) atoms. The third-order valence-electron chi connectivity index (χ3n) is 3.84. The van der Waals surface area contributed by atoms with E-state index in [1.54, 1.807) is 22.9 Å². The molecule has 0 bridgehead atoms. The lowest BCUT2D eigenvalue weighted by atomic mass is 10.2. The largest absolute Gasteiger partial charge is 0.469 e. The number of aliphatic hydroxyl groups is 1. The predicted octanol–water partition coefficient (Wildman–Crippen LogP) is 1.31. The number of aromatic nitrogens is 1. The number of benzene rings is 1. The average molecular weight is 358 g/mol. The third kappa shape index (κ3) is 3.48. The second kappa shape index (κ2) is 6.25. The Hall–Kier alpha value is -1.81. The summed E-state index contributed by atoms with van der Waals surface area (Å²) in [6, 6.07) is 6.09. The van der Waals surface area contributed by atoms with Crippen LogP contribution in [0.4, 0.5) is 5.69 Å². The molecule has 1 aromatic heterocycles. The van der Waals surface area contributed by atoms with Crippen LogP contribution in [-0.2, 0) is 13.8 Å². The van der Waals surface area contributed by atoms with Gasteiger partial charge >= 0.3 is 7.82 Å². The number of non-ortho nitro benzene ring substituents is 1. The Balaban J connectivity index is 1.79. The number of phosphoric acid groups is 1. The molecule has 0 radical (unpaired) electrons. The summed E-state index contributed by atoms with van der Waals surface area (Å²) >= 11 is 0. The zero-order chi connectivity index (χ0) is 17.5.